The van der Waals surface area contributed by atoms with Gasteiger partial charge in [0.2, 0.25) is 0 Å². The molecular formula is C12H10BrFOS. The van der Waals surface area contributed by atoms with Crippen molar-refractivity contribution in [2.75, 3.05) is 0 Å². The summed E-state index contributed by atoms with van der Waals surface area (Å²) in [7, 11) is 0. The summed E-state index contributed by atoms with van der Waals surface area (Å²) in [5, 5.41) is 12.1. The maximum atomic E-state index is 12.9. The second kappa shape index (κ2) is 4.65. The summed E-state index contributed by atoms with van der Waals surface area (Å²) in [4.78, 5) is 0.896. The van der Waals surface area contributed by atoms with Crippen molar-refractivity contribution in [1.82, 2.24) is 0 Å². The van der Waals surface area contributed by atoms with Crippen molar-refractivity contribution in [2.45, 2.75) is 13.0 Å². The van der Waals surface area contributed by atoms with Crippen molar-refractivity contribution in [3.8, 4) is 0 Å². The van der Waals surface area contributed by atoms with E-state index in [4.69, 9.17) is 0 Å². The van der Waals surface area contributed by atoms with Gasteiger partial charge < -0.3 is 5.11 Å². The SMILES string of the molecule is Cc1ccsc1C(O)c1ccc(F)cc1Br. The lowest BCUT2D eigenvalue weighted by Gasteiger charge is -2.12. The summed E-state index contributed by atoms with van der Waals surface area (Å²) in [6.45, 7) is 1.95. The van der Waals surface area contributed by atoms with Crippen LogP contribution in [0.1, 0.15) is 22.1 Å². The molecule has 0 radical (unpaired) electrons. The van der Waals surface area contributed by atoms with E-state index in [9.17, 15) is 9.50 Å². The molecule has 0 aliphatic carbocycles. The molecule has 1 aromatic heterocycles. The van der Waals surface area contributed by atoms with E-state index in [2.05, 4.69) is 15.9 Å². The quantitative estimate of drug-likeness (QED) is 0.887. The number of aryl methyl sites for hydroxylation is 1. The van der Waals surface area contributed by atoms with Crippen molar-refractivity contribution in [1.29, 1.82) is 0 Å². The Morgan fingerprint density at radius 1 is 1.38 bits per heavy atom. The van der Waals surface area contributed by atoms with Crippen LogP contribution in [0.15, 0.2) is 34.1 Å². The molecule has 1 unspecified atom stereocenters. The molecule has 1 heterocycles. The lowest BCUT2D eigenvalue weighted by Crippen LogP contribution is -2.00. The van der Waals surface area contributed by atoms with Crippen LogP contribution in [0.3, 0.4) is 0 Å². The van der Waals surface area contributed by atoms with Crippen LogP contribution in [-0.2, 0) is 0 Å². The number of halogens is 2. The fourth-order valence-corrected chi connectivity index (χ4v) is 3.03. The molecule has 2 rings (SSSR count). The van der Waals surface area contributed by atoms with E-state index in [1.807, 2.05) is 18.4 Å². The predicted octanol–water partition coefficient (Wildman–Crippen LogP) is 4.04. The van der Waals surface area contributed by atoms with Gasteiger partial charge in [-0.25, -0.2) is 4.39 Å². The number of rotatable bonds is 2. The summed E-state index contributed by atoms with van der Waals surface area (Å²) < 4.78 is 13.5. The van der Waals surface area contributed by atoms with Gasteiger partial charge in [-0.15, -0.1) is 11.3 Å². The molecule has 2 aromatic rings. The zero-order valence-electron chi connectivity index (χ0n) is 8.58. The smallest absolute Gasteiger partial charge is 0.124 e. The summed E-state index contributed by atoms with van der Waals surface area (Å²) in [6, 6.07) is 6.28. The molecule has 0 bridgehead atoms. The van der Waals surface area contributed by atoms with Crippen LogP contribution < -0.4 is 0 Å². The van der Waals surface area contributed by atoms with Crippen LogP contribution in [-0.4, -0.2) is 5.11 Å². The third-order valence-corrected chi connectivity index (χ3v) is 4.17. The molecule has 4 heteroatoms. The highest BCUT2D eigenvalue weighted by atomic mass is 79.9. The van der Waals surface area contributed by atoms with Gasteiger partial charge in [-0.05, 0) is 36.1 Å². The lowest BCUT2D eigenvalue weighted by molar-refractivity contribution is 0.222. The van der Waals surface area contributed by atoms with E-state index < -0.39 is 6.10 Å². The molecule has 16 heavy (non-hydrogen) atoms. The highest BCUT2D eigenvalue weighted by molar-refractivity contribution is 9.10. The Kier molecular flexibility index (Phi) is 3.42. The van der Waals surface area contributed by atoms with E-state index in [1.165, 1.54) is 23.5 Å². The standard InChI is InChI=1S/C12H10BrFOS/c1-7-4-5-16-12(7)11(15)9-3-2-8(14)6-10(9)13/h2-6,11,15H,1H3. The Hall–Kier alpha value is -0.710. The van der Waals surface area contributed by atoms with Crippen LogP contribution in [0.2, 0.25) is 0 Å². The third-order valence-electron chi connectivity index (χ3n) is 2.41. The number of hydrogen-bond donors (Lipinski definition) is 1. The second-order valence-corrected chi connectivity index (χ2v) is 5.34. The normalized spacial score (nSPS) is 12.8. The summed E-state index contributed by atoms with van der Waals surface area (Å²) >= 11 is 4.76. The molecule has 1 aromatic carbocycles. The molecule has 0 spiro atoms. The average molecular weight is 301 g/mol. The molecule has 0 aliphatic rings. The van der Waals surface area contributed by atoms with Crippen molar-refractivity contribution < 1.29 is 9.50 Å². The van der Waals surface area contributed by atoms with E-state index in [0.29, 0.717) is 10.0 Å². The minimum absolute atomic E-state index is 0.314. The van der Waals surface area contributed by atoms with Crippen LogP contribution in [0.5, 0.6) is 0 Å². The van der Waals surface area contributed by atoms with Gasteiger partial charge in [-0.2, -0.15) is 0 Å². The fraction of sp³-hybridized carbons (Fsp3) is 0.167. The first-order chi connectivity index (χ1) is 7.59. The first-order valence-corrected chi connectivity index (χ1v) is 6.44. The van der Waals surface area contributed by atoms with Gasteiger partial charge in [0.15, 0.2) is 0 Å². The molecule has 1 atom stereocenters. The summed E-state index contributed by atoms with van der Waals surface area (Å²) in [6.07, 6.45) is -0.699. The van der Waals surface area contributed by atoms with Crippen molar-refractivity contribution in [3.63, 3.8) is 0 Å². The lowest BCUT2D eigenvalue weighted by atomic mass is 10.1. The van der Waals surface area contributed by atoms with Crippen molar-refractivity contribution >= 4 is 27.3 Å². The minimum atomic E-state index is -0.699. The number of benzene rings is 1. The number of aliphatic hydroxyl groups is 1. The second-order valence-electron chi connectivity index (χ2n) is 3.54. The number of thiophene rings is 1. The average Bonchev–Trinajstić information content (AvgIpc) is 2.63. The molecule has 0 saturated carbocycles. The van der Waals surface area contributed by atoms with Gasteiger partial charge >= 0.3 is 0 Å². The Labute approximate surface area is 106 Å². The van der Waals surface area contributed by atoms with Gasteiger partial charge in [0.1, 0.15) is 11.9 Å². The van der Waals surface area contributed by atoms with Gasteiger partial charge in [0.25, 0.3) is 0 Å². The third kappa shape index (κ3) is 2.19. The first kappa shape index (κ1) is 11.8. The first-order valence-electron chi connectivity index (χ1n) is 4.76. The highest BCUT2D eigenvalue weighted by Crippen LogP contribution is 2.33. The molecule has 0 fully saturated rings. The summed E-state index contributed by atoms with van der Waals surface area (Å²) in [5.41, 5.74) is 1.74. The zero-order chi connectivity index (χ0) is 11.7. The van der Waals surface area contributed by atoms with Gasteiger partial charge in [-0.1, -0.05) is 22.0 Å². The molecule has 1 nitrogen and oxygen atoms in total. The van der Waals surface area contributed by atoms with Gasteiger partial charge in [0.05, 0.1) is 0 Å². The minimum Gasteiger partial charge on any atom is -0.383 e. The zero-order valence-corrected chi connectivity index (χ0v) is 11.0. The molecular weight excluding hydrogens is 291 g/mol. The molecule has 84 valence electrons. The summed E-state index contributed by atoms with van der Waals surface area (Å²) in [5.74, 6) is -0.314. The molecule has 1 N–H and O–H groups in total. The van der Waals surface area contributed by atoms with E-state index in [1.54, 1.807) is 6.07 Å². The predicted molar refractivity (Wildman–Crippen MR) is 67.2 cm³/mol. The van der Waals surface area contributed by atoms with Crippen LogP contribution in [0.25, 0.3) is 0 Å². The van der Waals surface area contributed by atoms with Crippen LogP contribution in [0, 0.1) is 12.7 Å². The Morgan fingerprint density at radius 2 is 2.12 bits per heavy atom. The number of aliphatic hydroxyl groups excluding tert-OH is 1. The molecule has 0 aliphatic heterocycles. The monoisotopic (exact) mass is 300 g/mol. The van der Waals surface area contributed by atoms with Crippen molar-refractivity contribution in [2.24, 2.45) is 0 Å². The van der Waals surface area contributed by atoms with Gasteiger partial charge in [0, 0.05) is 14.9 Å². The van der Waals surface area contributed by atoms with Crippen LogP contribution in [0.4, 0.5) is 4.39 Å². The Balaban J connectivity index is 2.41. The Morgan fingerprint density at radius 3 is 2.69 bits per heavy atom. The highest BCUT2D eigenvalue weighted by Gasteiger charge is 2.17. The molecule has 0 saturated heterocycles. The fourth-order valence-electron chi connectivity index (χ4n) is 1.53. The largest absolute Gasteiger partial charge is 0.383 e. The van der Waals surface area contributed by atoms with Crippen molar-refractivity contribution in [3.05, 3.63) is 55.9 Å². The maximum Gasteiger partial charge on any atom is 0.124 e. The van der Waals surface area contributed by atoms with E-state index >= 15 is 0 Å². The topological polar surface area (TPSA) is 20.2 Å². The van der Waals surface area contributed by atoms with E-state index in [0.717, 1.165) is 10.4 Å². The Bertz CT molecular complexity index is 509. The van der Waals surface area contributed by atoms with Gasteiger partial charge in [-0.3, -0.25) is 0 Å². The van der Waals surface area contributed by atoms with E-state index in [-0.39, 0.29) is 5.82 Å². The number of hydrogen-bond acceptors (Lipinski definition) is 2. The van der Waals surface area contributed by atoms with Crippen LogP contribution >= 0.6 is 27.3 Å². The molecule has 0 amide bonds. The maximum absolute atomic E-state index is 12.9.